The van der Waals surface area contributed by atoms with E-state index in [4.69, 9.17) is 0 Å². The molecule has 0 N–H and O–H groups in total. The summed E-state index contributed by atoms with van der Waals surface area (Å²) < 4.78 is 27.2. The lowest BCUT2D eigenvalue weighted by Gasteiger charge is -2.26. The number of sulfonamides is 1. The molecule has 1 aromatic heterocycles. The Bertz CT molecular complexity index is 642. The SMILES string of the molecule is O=C(Cc1ccc(S(=O)(=O)N2CCCCC2)s1)N1CCCCC1. The second-order valence-electron chi connectivity index (χ2n) is 6.30. The highest BCUT2D eigenvalue weighted by Gasteiger charge is 2.27. The molecule has 0 radical (unpaired) electrons. The standard InChI is InChI=1S/C16H24N2O3S2/c19-15(17-9-3-1-4-10-17)13-14-7-8-16(22-14)23(20,21)18-11-5-2-6-12-18/h7-8H,1-6,9-13H2. The molecule has 0 unspecified atom stereocenters. The van der Waals surface area contributed by atoms with Gasteiger partial charge >= 0.3 is 0 Å². The van der Waals surface area contributed by atoms with Gasteiger partial charge in [0.1, 0.15) is 4.21 Å². The minimum absolute atomic E-state index is 0.119. The summed E-state index contributed by atoms with van der Waals surface area (Å²) in [7, 11) is -3.37. The molecule has 2 fully saturated rings. The minimum Gasteiger partial charge on any atom is -0.342 e. The molecule has 7 heteroatoms. The fraction of sp³-hybridized carbons (Fsp3) is 0.688. The quantitative estimate of drug-likeness (QED) is 0.833. The van der Waals surface area contributed by atoms with Crippen LogP contribution >= 0.6 is 11.3 Å². The van der Waals surface area contributed by atoms with Gasteiger partial charge < -0.3 is 4.90 Å². The number of piperidine rings is 2. The van der Waals surface area contributed by atoms with Crippen molar-refractivity contribution in [2.75, 3.05) is 26.2 Å². The molecule has 2 saturated heterocycles. The Morgan fingerprint density at radius 3 is 2.22 bits per heavy atom. The molecule has 0 spiro atoms. The third-order valence-corrected chi connectivity index (χ3v) is 8.03. The van der Waals surface area contributed by atoms with E-state index in [1.165, 1.54) is 17.8 Å². The lowest BCUT2D eigenvalue weighted by atomic mass is 10.1. The number of nitrogens with zero attached hydrogens (tertiary/aromatic N) is 2. The smallest absolute Gasteiger partial charge is 0.252 e. The lowest BCUT2D eigenvalue weighted by molar-refractivity contribution is -0.131. The van der Waals surface area contributed by atoms with Crippen LogP contribution in [0, 0.1) is 0 Å². The van der Waals surface area contributed by atoms with Crippen LogP contribution < -0.4 is 0 Å². The molecule has 0 atom stereocenters. The van der Waals surface area contributed by atoms with E-state index in [2.05, 4.69) is 0 Å². The van der Waals surface area contributed by atoms with Crippen molar-refractivity contribution in [1.29, 1.82) is 0 Å². The largest absolute Gasteiger partial charge is 0.342 e. The van der Waals surface area contributed by atoms with Gasteiger partial charge in [-0.2, -0.15) is 4.31 Å². The third-order valence-electron chi connectivity index (χ3n) is 4.58. The number of hydrogen-bond acceptors (Lipinski definition) is 4. The van der Waals surface area contributed by atoms with Gasteiger partial charge in [0.15, 0.2) is 0 Å². The summed E-state index contributed by atoms with van der Waals surface area (Å²) in [5, 5.41) is 0. The van der Waals surface area contributed by atoms with Crippen molar-refractivity contribution >= 4 is 27.3 Å². The number of carbonyl (C=O) groups is 1. The second-order valence-corrected chi connectivity index (χ2v) is 9.64. The summed E-state index contributed by atoms with van der Waals surface area (Å²) in [5.41, 5.74) is 0. The van der Waals surface area contributed by atoms with Crippen LogP contribution in [0.4, 0.5) is 0 Å². The van der Waals surface area contributed by atoms with Gasteiger partial charge in [0.05, 0.1) is 6.42 Å². The third kappa shape index (κ3) is 3.95. The van der Waals surface area contributed by atoms with Crippen LogP contribution in [0.5, 0.6) is 0 Å². The highest BCUT2D eigenvalue weighted by molar-refractivity contribution is 7.91. The van der Waals surface area contributed by atoms with Crippen molar-refractivity contribution in [3.8, 4) is 0 Å². The van der Waals surface area contributed by atoms with Crippen LogP contribution in [-0.4, -0.2) is 49.7 Å². The molecule has 0 bridgehead atoms. The Morgan fingerprint density at radius 2 is 1.57 bits per heavy atom. The van der Waals surface area contributed by atoms with Gasteiger partial charge in [0.2, 0.25) is 5.91 Å². The van der Waals surface area contributed by atoms with Gasteiger partial charge in [-0.3, -0.25) is 4.79 Å². The first kappa shape index (κ1) is 16.9. The zero-order chi connectivity index (χ0) is 16.3. The Balaban J connectivity index is 1.66. The average Bonchev–Trinajstić information content (AvgIpc) is 3.06. The molecule has 128 valence electrons. The van der Waals surface area contributed by atoms with Crippen molar-refractivity contribution in [2.24, 2.45) is 0 Å². The summed E-state index contributed by atoms with van der Waals surface area (Å²) in [6, 6.07) is 3.46. The van der Waals surface area contributed by atoms with Crippen LogP contribution in [-0.2, 0) is 21.2 Å². The molecule has 0 aliphatic carbocycles. The molecule has 2 aliphatic rings. The van der Waals surface area contributed by atoms with E-state index in [0.29, 0.717) is 23.7 Å². The Hall–Kier alpha value is -0.920. The van der Waals surface area contributed by atoms with Gasteiger partial charge in [-0.15, -0.1) is 11.3 Å². The summed E-state index contributed by atoms with van der Waals surface area (Å²) in [4.78, 5) is 15.0. The molecule has 1 aromatic rings. The van der Waals surface area contributed by atoms with Crippen LogP contribution in [0.3, 0.4) is 0 Å². The van der Waals surface area contributed by atoms with Crippen molar-refractivity contribution in [3.63, 3.8) is 0 Å². The molecule has 0 saturated carbocycles. The van der Waals surface area contributed by atoms with Gasteiger partial charge in [-0.05, 0) is 44.2 Å². The first-order valence-corrected chi connectivity index (χ1v) is 10.7. The fourth-order valence-corrected chi connectivity index (χ4v) is 6.25. The van der Waals surface area contributed by atoms with Crippen molar-refractivity contribution < 1.29 is 13.2 Å². The van der Waals surface area contributed by atoms with Crippen LogP contribution in [0.1, 0.15) is 43.4 Å². The lowest BCUT2D eigenvalue weighted by Crippen LogP contribution is -2.36. The van der Waals surface area contributed by atoms with Crippen LogP contribution in [0.25, 0.3) is 0 Å². The van der Waals surface area contributed by atoms with E-state index in [1.54, 1.807) is 16.4 Å². The molecule has 1 amide bonds. The fourth-order valence-electron chi connectivity index (χ4n) is 3.23. The highest BCUT2D eigenvalue weighted by atomic mass is 32.2. The Labute approximate surface area is 142 Å². The molecule has 0 aromatic carbocycles. The molecule has 2 aliphatic heterocycles. The van der Waals surface area contributed by atoms with Gasteiger partial charge in [0, 0.05) is 31.1 Å². The predicted molar refractivity (Wildman–Crippen MR) is 91.1 cm³/mol. The first-order valence-electron chi connectivity index (χ1n) is 8.44. The topological polar surface area (TPSA) is 57.7 Å². The molecule has 5 nitrogen and oxygen atoms in total. The predicted octanol–water partition coefficient (Wildman–Crippen LogP) is 2.48. The normalized spacial score (nSPS) is 20.6. The summed E-state index contributed by atoms with van der Waals surface area (Å²) in [6.45, 7) is 2.90. The molecule has 3 rings (SSSR count). The van der Waals surface area contributed by atoms with E-state index >= 15 is 0 Å². The summed E-state index contributed by atoms with van der Waals surface area (Å²) in [5.74, 6) is 0.119. The Morgan fingerprint density at radius 1 is 0.957 bits per heavy atom. The minimum atomic E-state index is -3.37. The molecular formula is C16H24N2O3S2. The van der Waals surface area contributed by atoms with Crippen molar-refractivity contribution in [3.05, 3.63) is 17.0 Å². The van der Waals surface area contributed by atoms with Crippen molar-refractivity contribution in [1.82, 2.24) is 9.21 Å². The molecular weight excluding hydrogens is 332 g/mol. The second kappa shape index (κ2) is 7.32. The summed E-state index contributed by atoms with van der Waals surface area (Å²) >= 11 is 1.25. The van der Waals surface area contributed by atoms with Crippen molar-refractivity contribution in [2.45, 2.75) is 49.2 Å². The number of amides is 1. The maximum absolute atomic E-state index is 12.6. The van der Waals surface area contributed by atoms with E-state index < -0.39 is 10.0 Å². The number of rotatable bonds is 4. The number of hydrogen-bond donors (Lipinski definition) is 0. The van der Waals surface area contributed by atoms with E-state index in [1.807, 2.05) is 4.90 Å². The number of likely N-dealkylation sites (tertiary alicyclic amines) is 1. The highest BCUT2D eigenvalue weighted by Crippen LogP contribution is 2.27. The average molecular weight is 357 g/mol. The maximum Gasteiger partial charge on any atom is 0.252 e. The number of thiophene rings is 1. The van der Waals surface area contributed by atoms with Crippen LogP contribution in [0.15, 0.2) is 16.3 Å². The number of carbonyl (C=O) groups excluding carboxylic acids is 1. The monoisotopic (exact) mass is 356 g/mol. The zero-order valence-electron chi connectivity index (χ0n) is 13.4. The Kier molecular flexibility index (Phi) is 5.38. The van der Waals surface area contributed by atoms with Crippen LogP contribution in [0.2, 0.25) is 0 Å². The zero-order valence-corrected chi connectivity index (χ0v) is 15.0. The van der Waals surface area contributed by atoms with E-state index in [0.717, 1.165) is 50.1 Å². The van der Waals surface area contributed by atoms with Gasteiger partial charge in [0.25, 0.3) is 10.0 Å². The first-order chi connectivity index (χ1) is 11.1. The molecule has 3 heterocycles. The molecule has 23 heavy (non-hydrogen) atoms. The van der Waals surface area contributed by atoms with Gasteiger partial charge in [-0.1, -0.05) is 6.42 Å². The van der Waals surface area contributed by atoms with E-state index in [9.17, 15) is 13.2 Å². The summed E-state index contributed by atoms with van der Waals surface area (Å²) in [6.07, 6.45) is 6.64. The van der Waals surface area contributed by atoms with E-state index in [-0.39, 0.29) is 5.91 Å². The maximum atomic E-state index is 12.6. The van der Waals surface area contributed by atoms with Gasteiger partial charge in [-0.25, -0.2) is 8.42 Å².